The zero-order chi connectivity index (χ0) is 9.71. The van der Waals surface area contributed by atoms with Crippen molar-refractivity contribution in [1.29, 1.82) is 0 Å². The van der Waals surface area contributed by atoms with Crippen molar-refractivity contribution in [3.05, 3.63) is 34.1 Å². The minimum atomic E-state index is -0.196. The molecular weight excluding hydrogens is 201 g/mol. The van der Waals surface area contributed by atoms with Gasteiger partial charge in [-0.25, -0.2) is 4.39 Å². The maximum absolute atomic E-state index is 13.7. The topological polar surface area (TPSA) is 12.0 Å². The molecule has 14 heavy (non-hydrogen) atoms. The van der Waals surface area contributed by atoms with Crippen molar-refractivity contribution in [2.75, 3.05) is 13.1 Å². The molecule has 0 aromatic heterocycles. The van der Waals surface area contributed by atoms with E-state index in [0.717, 1.165) is 25.1 Å². The summed E-state index contributed by atoms with van der Waals surface area (Å²) in [4.78, 5) is 0. The summed E-state index contributed by atoms with van der Waals surface area (Å²) in [6, 6.07) is 3.66. The highest BCUT2D eigenvalue weighted by atomic mass is 35.5. The number of fused-ring (bicyclic) bond motifs is 3. The largest absolute Gasteiger partial charge is 0.316 e. The van der Waals surface area contributed by atoms with Gasteiger partial charge in [0.05, 0.1) is 5.02 Å². The maximum atomic E-state index is 13.7. The van der Waals surface area contributed by atoms with Gasteiger partial charge in [0, 0.05) is 12.5 Å². The summed E-state index contributed by atoms with van der Waals surface area (Å²) in [5.74, 6) is 0.897. The lowest BCUT2D eigenvalue weighted by Gasteiger charge is -2.08. The van der Waals surface area contributed by atoms with Crippen LogP contribution in [0.2, 0.25) is 5.02 Å². The molecule has 1 aliphatic carbocycles. The van der Waals surface area contributed by atoms with Crippen molar-refractivity contribution < 1.29 is 4.39 Å². The summed E-state index contributed by atoms with van der Waals surface area (Å²) < 4.78 is 13.7. The van der Waals surface area contributed by atoms with Gasteiger partial charge in [0.2, 0.25) is 0 Å². The van der Waals surface area contributed by atoms with Gasteiger partial charge in [0.15, 0.2) is 0 Å². The minimum absolute atomic E-state index is 0.196. The Morgan fingerprint density at radius 1 is 1.36 bits per heavy atom. The van der Waals surface area contributed by atoms with E-state index in [-0.39, 0.29) is 10.8 Å². The molecule has 1 nitrogen and oxygen atoms in total. The highest BCUT2D eigenvalue weighted by Gasteiger charge is 2.37. The molecule has 2 aliphatic rings. The van der Waals surface area contributed by atoms with E-state index in [0.29, 0.717) is 11.8 Å². The molecule has 0 radical (unpaired) electrons. The van der Waals surface area contributed by atoms with Gasteiger partial charge in [-0.05, 0) is 36.1 Å². The summed E-state index contributed by atoms with van der Waals surface area (Å²) in [7, 11) is 0. The van der Waals surface area contributed by atoms with E-state index >= 15 is 0 Å². The summed E-state index contributed by atoms with van der Waals surface area (Å²) in [6.07, 6.45) is 0.847. The van der Waals surface area contributed by atoms with Crippen molar-refractivity contribution in [1.82, 2.24) is 5.32 Å². The first-order valence-corrected chi connectivity index (χ1v) is 5.32. The van der Waals surface area contributed by atoms with E-state index in [4.69, 9.17) is 11.6 Å². The third-order valence-electron chi connectivity index (χ3n) is 3.44. The first kappa shape index (κ1) is 8.69. The molecule has 2 unspecified atom stereocenters. The van der Waals surface area contributed by atoms with E-state index < -0.39 is 0 Å². The zero-order valence-corrected chi connectivity index (χ0v) is 8.44. The number of hydrogen-bond donors (Lipinski definition) is 1. The van der Waals surface area contributed by atoms with Crippen LogP contribution in [0.5, 0.6) is 0 Å². The summed E-state index contributed by atoms with van der Waals surface area (Å²) in [5.41, 5.74) is 2.02. The summed E-state index contributed by atoms with van der Waals surface area (Å²) in [5, 5.41) is 3.60. The molecule has 0 amide bonds. The number of nitrogens with one attached hydrogen (secondary N) is 1. The van der Waals surface area contributed by atoms with Crippen LogP contribution >= 0.6 is 11.6 Å². The fourth-order valence-corrected chi connectivity index (χ4v) is 2.91. The van der Waals surface area contributed by atoms with Crippen LogP contribution in [-0.4, -0.2) is 13.1 Å². The normalized spacial score (nSPS) is 29.0. The van der Waals surface area contributed by atoms with E-state index in [9.17, 15) is 4.39 Å². The van der Waals surface area contributed by atoms with Gasteiger partial charge in [-0.15, -0.1) is 0 Å². The molecule has 1 aromatic carbocycles. The second-order valence-electron chi connectivity index (χ2n) is 4.16. The van der Waals surface area contributed by atoms with E-state index in [1.54, 1.807) is 6.07 Å². The molecule has 1 fully saturated rings. The van der Waals surface area contributed by atoms with Crippen LogP contribution in [0, 0.1) is 11.7 Å². The third kappa shape index (κ3) is 1.04. The van der Waals surface area contributed by atoms with Crippen molar-refractivity contribution in [2.24, 2.45) is 5.92 Å². The maximum Gasteiger partial charge on any atom is 0.145 e. The second kappa shape index (κ2) is 2.94. The Labute approximate surface area is 87.3 Å². The van der Waals surface area contributed by atoms with Crippen LogP contribution in [0.3, 0.4) is 0 Å². The van der Waals surface area contributed by atoms with E-state index in [1.165, 1.54) is 5.56 Å². The Balaban J connectivity index is 2.13. The lowest BCUT2D eigenvalue weighted by Crippen LogP contribution is -2.11. The standard InChI is InChI=1S/C11H11ClFN/c12-10-2-1-7-8(11(10)13)3-6-4-14-5-9(6)7/h1-2,6,9,14H,3-5H2. The van der Waals surface area contributed by atoms with Gasteiger partial charge in [0.25, 0.3) is 0 Å². The second-order valence-corrected chi connectivity index (χ2v) is 4.57. The lowest BCUT2D eigenvalue weighted by atomic mass is 9.97. The predicted octanol–water partition coefficient (Wildman–Crippen LogP) is 2.34. The minimum Gasteiger partial charge on any atom is -0.316 e. The Kier molecular flexibility index (Phi) is 1.83. The van der Waals surface area contributed by atoms with Gasteiger partial charge in [-0.1, -0.05) is 17.7 Å². The highest BCUT2D eigenvalue weighted by Crippen LogP contribution is 2.42. The zero-order valence-electron chi connectivity index (χ0n) is 7.69. The van der Waals surface area contributed by atoms with Crippen molar-refractivity contribution >= 4 is 11.6 Å². The molecular formula is C11H11ClFN. The van der Waals surface area contributed by atoms with Crippen LogP contribution < -0.4 is 5.32 Å². The number of halogens is 2. The third-order valence-corrected chi connectivity index (χ3v) is 3.73. The van der Waals surface area contributed by atoms with Gasteiger partial charge in [-0.2, -0.15) is 0 Å². The number of benzene rings is 1. The Hall–Kier alpha value is -0.600. The molecule has 1 aliphatic heterocycles. The SMILES string of the molecule is Fc1c(Cl)ccc2c1CC1CNCC21. The van der Waals surface area contributed by atoms with Crippen molar-refractivity contribution in [2.45, 2.75) is 12.3 Å². The van der Waals surface area contributed by atoms with E-state index in [1.807, 2.05) is 6.07 Å². The highest BCUT2D eigenvalue weighted by molar-refractivity contribution is 6.30. The predicted molar refractivity (Wildman–Crippen MR) is 54.2 cm³/mol. The van der Waals surface area contributed by atoms with Crippen LogP contribution in [0.1, 0.15) is 17.0 Å². The molecule has 0 bridgehead atoms. The van der Waals surface area contributed by atoms with Crippen LogP contribution in [0.15, 0.2) is 12.1 Å². The van der Waals surface area contributed by atoms with Crippen LogP contribution in [-0.2, 0) is 6.42 Å². The molecule has 1 saturated heterocycles. The molecule has 1 heterocycles. The molecule has 0 spiro atoms. The average molecular weight is 212 g/mol. The fourth-order valence-electron chi connectivity index (χ4n) is 2.74. The van der Waals surface area contributed by atoms with Crippen LogP contribution in [0.4, 0.5) is 4.39 Å². The molecule has 1 N–H and O–H groups in total. The summed E-state index contributed by atoms with van der Waals surface area (Å²) in [6.45, 7) is 2.00. The molecule has 3 heteroatoms. The molecule has 74 valence electrons. The number of rotatable bonds is 0. The summed E-state index contributed by atoms with van der Waals surface area (Å²) >= 11 is 5.76. The van der Waals surface area contributed by atoms with Crippen molar-refractivity contribution in [3.8, 4) is 0 Å². The lowest BCUT2D eigenvalue weighted by molar-refractivity contribution is 0.552. The average Bonchev–Trinajstić information content (AvgIpc) is 2.71. The number of hydrogen-bond acceptors (Lipinski definition) is 1. The van der Waals surface area contributed by atoms with E-state index in [2.05, 4.69) is 5.32 Å². The monoisotopic (exact) mass is 211 g/mol. The Morgan fingerprint density at radius 3 is 3.07 bits per heavy atom. The Bertz CT molecular complexity index is 391. The van der Waals surface area contributed by atoms with Gasteiger partial charge < -0.3 is 5.32 Å². The molecule has 2 atom stereocenters. The quantitative estimate of drug-likeness (QED) is 0.695. The Morgan fingerprint density at radius 2 is 2.21 bits per heavy atom. The molecule has 1 aromatic rings. The van der Waals surface area contributed by atoms with Gasteiger partial charge in [-0.3, -0.25) is 0 Å². The van der Waals surface area contributed by atoms with Gasteiger partial charge >= 0.3 is 0 Å². The molecule has 0 saturated carbocycles. The smallest absolute Gasteiger partial charge is 0.145 e. The van der Waals surface area contributed by atoms with Gasteiger partial charge in [0.1, 0.15) is 5.82 Å². The van der Waals surface area contributed by atoms with Crippen LogP contribution in [0.25, 0.3) is 0 Å². The molecule has 3 rings (SSSR count). The first-order chi connectivity index (χ1) is 6.77. The van der Waals surface area contributed by atoms with Crippen molar-refractivity contribution in [3.63, 3.8) is 0 Å². The first-order valence-electron chi connectivity index (χ1n) is 4.95. The fraction of sp³-hybridized carbons (Fsp3) is 0.455.